The van der Waals surface area contributed by atoms with Crippen molar-refractivity contribution in [1.29, 1.82) is 0 Å². The average Bonchev–Trinajstić information content (AvgIpc) is 3.38. The second kappa shape index (κ2) is 61.6. The van der Waals surface area contributed by atoms with E-state index >= 15 is 0 Å². The van der Waals surface area contributed by atoms with Crippen LogP contribution in [0.15, 0.2) is 36.5 Å². The SMILES string of the molecule is CCCCC/C=C\C/C=C\CCCCCCCCCC(=O)OCCCCCCCCCCCCCCCCCCCCCCCCCCCCCCCC(=O)NC(CO)C(O)/C=C/CCCCCCCCC. The molecule has 0 heterocycles. The zero-order valence-corrected chi connectivity index (χ0v) is 48.4. The summed E-state index contributed by atoms with van der Waals surface area (Å²) >= 11 is 0. The molecule has 6 nitrogen and oxygen atoms in total. The van der Waals surface area contributed by atoms with Gasteiger partial charge in [-0.05, 0) is 64.2 Å². The number of allylic oxidation sites excluding steroid dienone is 5. The lowest BCUT2D eigenvalue weighted by Gasteiger charge is -2.20. The molecular formula is C66H125NO5. The molecule has 2 atom stereocenters. The fraction of sp³-hybridized carbons (Fsp3) is 0.879. The largest absolute Gasteiger partial charge is 0.466 e. The van der Waals surface area contributed by atoms with Crippen molar-refractivity contribution in [3.05, 3.63) is 36.5 Å². The number of carbonyl (C=O) groups is 2. The van der Waals surface area contributed by atoms with Crippen LogP contribution in [-0.2, 0) is 14.3 Å². The van der Waals surface area contributed by atoms with Gasteiger partial charge in [-0.3, -0.25) is 9.59 Å². The Morgan fingerprint density at radius 3 is 1.08 bits per heavy atom. The Morgan fingerprint density at radius 1 is 0.389 bits per heavy atom. The fourth-order valence-corrected chi connectivity index (χ4v) is 9.96. The number of esters is 1. The number of ether oxygens (including phenoxy) is 1. The highest BCUT2D eigenvalue weighted by atomic mass is 16.5. The molecule has 0 aliphatic carbocycles. The number of unbranched alkanes of at least 4 members (excludes halogenated alkanes) is 45. The van der Waals surface area contributed by atoms with Gasteiger partial charge in [-0.25, -0.2) is 0 Å². The number of hydrogen-bond donors (Lipinski definition) is 3. The first-order valence-electron chi connectivity index (χ1n) is 32.3. The van der Waals surface area contributed by atoms with Crippen molar-refractivity contribution >= 4 is 11.9 Å². The third kappa shape index (κ3) is 57.4. The van der Waals surface area contributed by atoms with Crippen molar-refractivity contribution in [1.82, 2.24) is 5.32 Å². The van der Waals surface area contributed by atoms with Crippen molar-refractivity contribution in [2.75, 3.05) is 13.2 Å². The van der Waals surface area contributed by atoms with Gasteiger partial charge in [0.2, 0.25) is 5.91 Å². The van der Waals surface area contributed by atoms with E-state index in [0.29, 0.717) is 19.4 Å². The lowest BCUT2D eigenvalue weighted by Crippen LogP contribution is -2.45. The molecule has 0 aromatic heterocycles. The van der Waals surface area contributed by atoms with Gasteiger partial charge in [-0.2, -0.15) is 0 Å². The number of nitrogens with one attached hydrogen (secondary N) is 1. The highest BCUT2D eigenvalue weighted by Crippen LogP contribution is 2.18. The monoisotopic (exact) mass is 1010 g/mol. The van der Waals surface area contributed by atoms with E-state index in [-0.39, 0.29) is 18.5 Å². The number of aliphatic hydroxyl groups is 2. The molecule has 0 aromatic rings. The standard InChI is InChI=1S/C66H125NO5/c1-3-5-7-9-11-13-14-15-16-30-34-37-40-44-48-52-56-60-66(71)72-61-57-53-49-45-41-38-35-32-29-27-25-23-21-19-17-18-20-22-24-26-28-31-33-36-39-43-47-51-55-59-65(70)67-63(62-68)64(69)58-54-50-46-42-12-10-8-6-4-2/h11,13,15-16,54,58,63-64,68-69H,3-10,12,14,17-53,55-57,59-62H2,1-2H3,(H,67,70)/b13-11-,16-15-,58-54+. The lowest BCUT2D eigenvalue weighted by molar-refractivity contribution is -0.143. The molecule has 0 saturated heterocycles. The first-order chi connectivity index (χ1) is 35.5. The molecule has 3 N–H and O–H groups in total. The van der Waals surface area contributed by atoms with Crippen LogP contribution in [0.25, 0.3) is 0 Å². The van der Waals surface area contributed by atoms with E-state index in [1.165, 1.54) is 270 Å². The van der Waals surface area contributed by atoms with Crippen LogP contribution in [0.4, 0.5) is 0 Å². The molecule has 0 aromatic carbocycles. The molecule has 0 rings (SSSR count). The van der Waals surface area contributed by atoms with Gasteiger partial charge in [-0.1, -0.05) is 307 Å². The quantitative estimate of drug-likeness (QED) is 0.0320. The van der Waals surface area contributed by atoms with E-state index < -0.39 is 12.1 Å². The van der Waals surface area contributed by atoms with Gasteiger partial charge in [0.05, 0.1) is 25.4 Å². The second-order valence-corrected chi connectivity index (χ2v) is 22.1. The molecule has 0 bridgehead atoms. The Morgan fingerprint density at radius 2 is 0.694 bits per heavy atom. The fourth-order valence-electron chi connectivity index (χ4n) is 9.96. The van der Waals surface area contributed by atoms with E-state index in [4.69, 9.17) is 4.74 Å². The van der Waals surface area contributed by atoms with Crippen molar-refractivity contribution in [2.45, 2.75) is 360 Å². The molecule has 2 unspecified atom stereocenters. The third-order valence-electron chi connectivity index (χ3n) is 14.9. The number of hydrogen-bond acceptors (Lipinski definition) is 5. The van der Waals surface area contributed by atoms with Crippen LogP contribution in [0.5, 0.6) is 0 Å². The molecule has 0 aliphatic heterocycles. The number of rotatable bonds is 60. The normalized spacial score (nSPS) is 12.8. The summed E-state index contributed by atoms with van der Waals surface area (Å²) in [5, 5.41) is 23.0. The Bertz CT molecular complexity index is 1170. The number of aliphatic hydroxyl groups excluding tert-OH is 2. The van der Waals surface area contributed by atoms with Gasteiger partial charge in [0.1, 0.15) is 0 Å². The molecule has 0 fully saturated rings. The van der Waals surface area contributed by atoms with Crippen molar-refractivity contribution in [3.8, 4) is 0 Å². The van der Waals surface area contributed by atoms with Crippen molar-refractivity contribution < 1.29 is 24.5 Å². The highest BCUT2D eigenvalue weighted by Gasteiger charge is 2.18. The molecular weight excluding hydrogens is 887 g/mol. The zero-order chi connectivity index (χ0) is 52.2. The van der Waals surface area contributed by atoms with Crippen LogP contribution in [0.3, 0.4) is 0 Å². The smallest absolute Gasteiger partial charge is 0.305 e. The minimum atomic E-state index is -0.839. The van der Waals surface area contributed by atoms with Gasteiger partial charge >= 0.3 is 5.97 Å². The summed E-state index contributed by atoms with van der Waals surface area (Å²) in [7, 11) is 0. The first kappa shape index (κ1) is 70.1. The Hall–Kier alpha value is -1.92. The molecule has 1 amide bonds. The maximum Gasteiger partial charge on any atom is 0.305 e. The van der Waals surface area contributed by atoms with Gasteiger partial charge in [0, 0.05) is 12.8 Å². The predicted octanol–water partition coefficient (Wildman–Crippen LogP) is 20.4. The minimum absolute atomic E-state index is 0.0113. The molecule has 0 saturated carbocycles. The summed E-state index contributed by atoms with van der Waals surface area (Å²) < 4.78 is 5.50. The van der Waals surface area contributed by atoms with E-state index in [2.05, 4.69) is 43.5 Å². The van der Waals surface area contributed by atoms with Crippen LogP contribution in [0.2, 0.25) is 0 Å². The van der Waals surface area contributed by atoms with Gasteiger partial charge in [0.15, 0.2) is 0 Å². The molecule has 0 radical (unpaired) electrons. The van der Waals surface area contributed by atoms with Gasteiger partial charge < -0.3 is 20.3 Å². The van der Waals surface area contributed by atoms with Crippen molar-refractivity contribution in [3.63, 3.8) is 0 Å². The number of carbonyl (C=O) groups excluding carboxylic acids is 2. The van der Waals surface area contributed by atoms with Gasteiger partial charge in [0.25, 0.3) is 0 Å². The zero-order valence-electron chi connectivity index (χ0n) is 48.4. The number of amides is 1. The lowest BCUT2D eigenvalue weighted by atomic mass is 10.0. The van der Waals surface area contributed by atoms with E-state index in [1.807, 2.05) is 6.08 Å². The van der Waals surface area contributed by atoms with Crippen LogP contribution in [0, 0.1) is 0 Å². The Balaban J connectivity index is 3.31. The maximum absolute atomic E-state index is 12.4. The first-order valence-corrected chi connectivity index (χ1v) is 32.3. The minimum Gasteiger partial charge on any atom is -0.466 e. The third-order valence-corrected chi connectivity index (χ3v) is 14.9. The van der Waals surface area contributed by atoms with Crippen LogP contribution in [0.1, 0.15) is 348 Å². The summed E-state index contributed by atoms with van der Waals surface area (Å²) in [6.07, 6.45) is 77.9. The predicted molar refractivity (Wildman–Crippen MR) is 315 cm³/mol. The molecule has 0 spiro atoms. The van der Waals surface area contributed by atoms with Crippen LogP contribution < -0.4 is 5.32 Å². The topological polar surface area (TPSA) is 95.9 Å². The van der Waals surface area contributed by atoms with E-state index in [9.17, 15) is 19.8 Å². The highest BCUT2D eigenvalue weighted by molar-refractivity contribution is 5.76. The van der Waals surface area contributed by atoms with Gasteiger partial charge in [-0.15, -0.1) is 0 Å². The maximum atomic E-state index is 12.4. The van der Waals surface area contributed by atoms with Crippen LogP contribution in [-0.4, -0.2) is 47.4 Å². The molecule has 72 heavy (non-hydrogen) atoms. The Labute approximate surface area is 449 Å². The summed E-state index contributed by atoms with van der Waals surface area (Å²) in [5.74, 6) is -0.0552. The summed E-state index contributed by atoms with van der Waals surface area (Å²) in [5.41, 5.74) is 0. The summed E-state index contributed by atoms with van der Waals surface area (Å²) in [4.78, 5) is 24.5. The van der Waals surface area contributed by atoms with E-state index in [0.717, 1.165) is 51.4 Å². The molecule has 424 valence electrons. The summed E-state index contributed by atoms with van der Waals surface area (Å²) in [6.45, 7) is 4.86. The second-order valence-electron chi connectivity index (χ2n) is 22.1. The Kier molecular flexibility index (Phi) is 60.0. The average molecular weight is 1010 g/mol. The van der Waals surface area contributed by atoms with E-state index in [1.54, 1.807) is 6.08 Å². The molecule has 0 aliphatic rings. The van der Waals surface area contributed by atoms with Crippen LogP contribution >= 0.6 is 0 Å². The van der Waals surface area contributed by atoms with Crippen molar-refractivity contribution in [2.24, 2.45) is 0 Å². The molecule has 6 heteroatoms. The summed E-state index contributed by atoms with van der Waals surface area (Å²) in [6, 6.07) is -0.623.